The van der Waals surface area contributed by atoms with Crippen molar-refractivity contribution in [1.29, 1.82) is 0 Å². The molecule has 0 atom stereocenters. The van der Waals surface area contributed by atoms with Crippen molar-refractivity contribution in [2.24, 2.45) is 0 Å². The number of carbonyl (C=O) groups is 3. The topological polar surface area (TPSA) is 93.9 Å². The second-order valence-corrected chi connectivity index (χ2v) is 9.46. The van der Waals surface area contributed by atoms with Crippen molar-refractivity contribution in [1.82, 2.24) is 14.8 Å². The molecule has 6 rings (SSSR count). The highest BCUT2D eigenvalue weighted by atomic mass is 32.2. The molecule has 0 saturated heterocycles. The Kier molecular flexibility index (Phi) is 4.50. The largest absolute Gasteiger partial charge is 0.325 e. The molecule has 1 N–H and O–H groups in total. The minimum atomic E-state index is -0.203. The van der Waals surface area contributed by atoms with Crippen LogP contribution < -0.4 is 5.32 Å². The number of carbonyl (C=O) groups excluding carboxylic acids is 3. The molecule has 2 aromatic carbocycles. The highest BCUT2D eigenvalue weighted by Crippen LogP contribution is 2.46. The van der Waals surface area contributed by atoms with E-state index in [4.69, 9.17) is 0 Å². The fourth-order valence-corrected chi connectivity index (χ4v) is 5.00. The third-order valence-electron chi connectivity index (χ3n) is 6.09. The zero-order valence-corrected chi connectivity index (χ0v) is 18.0. The van der Waals surface area contributed by atoms with E-state index in [0.29, 0.717) is 39.9 Å². The van der Waals surface area contributed by atoms with E-state index in [0.717, 1.165) is 23.8 Å². The summed E-state index contributed by atoms with van der Waals surface area (Å²) >= 11 is 1.39. The third-order valence-corrected chi connectivity index (χ3v) is 7.03. The maximum atomic E-state index is 12.9. The highest BCUT2D eigenvalue weighted by molar-refractivity contribution is 7.99. The van der Waals surface area contributed by atoms with E-state index in [-0.39, 0.29) is 23.2 Å². The minimum absolute atomic E-state index is 0.172. The first-order chi connectivity index (χ1) is 15.6. The summed E-state index contributed by atoms with van der Waals surface area (Å²) in [5.41, 5.74) is 2.00. The van der Waals surface area contributed by atoms with E-state index in [2.05, 4.69) is 20.1 Å². The number of rotatable bonds is 6. The zero-order valence-electron chi connectivity index (χ0n) is 17.2. The molecule has 0 unspecified atom stereocenters. The molecule has 160 valence electrons. The Morgan fingerprint density at radius 2 is 1.62 bits per heavy atom. The van der Waals surface area contributed by atoms with Gasteiger partial charge < -0.3 is 9.88 Å². The van der Waals surface area contributed by atoms with Gasteiger partial charge in [0.05, 0.1) is 5.75 Å². The lowest BCUT2D eigenvalue weighted by atomic mass is 9.84. The molecule has 2 fully saturated rings. The van der Waals surface area contributed by atoms with Gasteiger partial charge in [-0.3, -0.25) is 14.4 Å². The van der Waals surface area contributed by atoms with Crippen LogP contribution in [0.4, 0.5) is 5.69 Å². The lowest BCUT2D eigenvalue weighted by Gasteiger charge is -2.18. The van der Waals surface area contributed by atoms with Gasteiger partial charge in [0.25, 0.3) is 0 Å². The number of benzene rings is 2. The van der Waals surface area contributed by atoms with Gasteiger partial charge in [0.15, 0.2) is 16.7 Å². The van der Waals surface area contributed by atoms with Crippen molar-refractivity contribution in [2.45, 2.75) is 42.8 Å². The van der Waals surface area contributed by atoms with Crippen LogP contribution in [0.15, 0.2) is 47.6 Å². The number of amides is 1. The van der Waals surface area contributed by atoms with Gasteiger partial charge in [-0.15, -0.1) is 10.2 Å². The van der Waals surface area contributed by atoms with Gasteiger partial charge in [-0.1, -0.05) is 36.0 Å². The Hall–Kier alpha value is -3.26. The van der Waals surface area contributed by atoms with E-state index in [1.54, 1.807) is 42.5 Å². The van der Waals surface area contributed by atoms with Gasteiger partial charge >= 0.3 is 0 Å². The van der Waals surface area contributed by atoms with E-state index < -0.39 is 0 Å². The van der Waals surface area contributed by atoms with Crippen LogP contribution in [-0.4, -0.2) is 38.0 Å². The SMILES string of the molecule is O=C(CSc1nnc(C2CC2)n1C1CC1)Nc1ccc2c(c1)C(=O)c1ccccc1C2=O. The summed E-state index contributed by atoms with van der Waals surface area (Å²) in [4.78, 5) is 38.2. The number of anilines is 1. The quantitative estimate of drug-likeness (QED) is 0.452. The predicted octanol–water partition coefficient (Wildman–Crippen LogP) is 4.00. The van der Waals surface area contributed by atoms with Gasteiger partial charge in [-0.25, -0.2) is 0 Å². The lowest BCUT2D eigenvalue weighted by molar-refractivity contribution is -0.113. The average Bonchev–Trinajstić information content (AvgIpc) is 3.75. The average molecular weight is 445 g/mol. The van der Waals surface area contributed by atoms with E-state index in [9.17, 15) is 14.4 Å². The first-order valence-electron chi connectivity index (χ1n) is 10.8. The Morgan fingerprint density at radius 3 is 2.31 bits per heavy atom. The molecule has 0 spiro atoms. The van der Waals surface area contributed by atoms with Gasteiger partial charge in [-0.05, 0) is 43.9 Å². The molecule has 7 nitrogen and oxygen atoms in total. The van der Waals surface area contributed by atoms with Crippen molar-refractivity contribution < 1.29 is 14.4 Å². The van der Waals surface area contributed by atoms with Crippen LogP contribution in [0.25, 0.3) is 0 Å². The van der Waals surface area contributed by atoms with Crippen LogP contribution in [0, 0.1) is 0 Å². The van der Waals surface area contributed by atoms with Gasteiger partial charge in [0.1, 0.15) is 5.82 Å². The van der Waals surface area contributed by atoms with Crippen molar-refractivity contribution in [3.05, 3.63) is 70.5 Å². The molecule has 1 amide bonds. The first kappa shape index (κ1) is 19.4. The van der Waals surface area contributed by atoms with Crippen LogP contribution in [-0.2, 0) is 4.79 Å². The molecule has 3 aromatic rings. The third kappa shape index (κ3) is 3.35. The van der Waals surface area contributed by atoms with Crippen molar-refractivity contribution in [3.63, 3.8) is 0 Å². The molecule has 2 saturated carbocycles. The summed E-state index contributed by atoms with van der Waals surface area (Å²) in [5.74, 6) is 1.21. The number of thioether (sulfide) groups is 1. The first-order valence-corrected chi connectivity index (χ1v) is 11.8. The smallest absolute Gasteiger partial charge is 0.234 e. The normalized spacial score (nSPS) is 17.1. The second kappa shape index (κ2) is 7.41. The Bertz CT molecular complexity index is 1290. The van der Waals surface area contributed by atoms with Crippen molar-refractivity contribution in [2.75, 3.05) is 11.1 Å². The molecule has 0 radical (unpaired) electrons. The molecule has 0 aliphatic heterocycles. The van der Waals surface area contributed by atoms with Gasteiger partial charge in [0, 0.05) is 39.9 Å². The number of nitrogens with zero attached hydrogens (tertiary/aromatic N) is 3. The number of hydrogen-bond donors (Lipinski definition) is 1. The number of hydrogen-bond acceptors (Lipinski definition) is 6. The number of fused-ring (bicyclic) bond motifs is 2. The number of aromatic nitrogens is 3. The van der Waals surface area contributed by atoms with E-state index in [1.165, 1.54) is 24.6 Å². The van der Waals surface area contributed by atoms with Crippen LogP contribution in [0.3, 0.4) is 0 Å². The fraction of sp³-hybridized carbons (Fsp3) is 0.292. The molecule has 8 heteroatoms. The molecule has 3 aliphatic rings. The van der Waals surface area contributed by atoms with Crippen LogP contribution >= 0.6 is 11.8 Å². The zero-order chi connectivity index (χ0) is 21.8. The Balaban J connectivity index is 1.17. The number of ketones is 2. The van der Waals surface area contributed by atoms with E-state index in [1.807, 2.05) is 0 Å². The lowest BCUT2D eigenvalue weighted by Crippen LogP contribution is -2.21. The Labute approximate surface area is 188 Å². The van der Waals surface area contributed by atoms with Crippen LogP contribution in [0.5, 0.6) is 0 Å². The summed E-state index contributed by atoms with van der Waals surface area (Å²) in [5, 5.41) is 12.3. The fourth-order valence-electron chi connectivity index (χ4n) is 4.19. The van der Waals surface area contributed by atoms with Gasteiger partial charge in [-0.2, -0.15) is 0 Å². The maximum absolute atomic E-state index is 12.9. The minimum Gasteiger partial charge on any atom is -0.325 e. The van der Waals surface area contributed by atoms with Crippen LogP contribution in [0.2, 0.25) is 0 Å². The van der Waals surface area contributed by atoms with E-state index >= 15 is 0 Å². The summed E-state index contributed by atoms with van der Waals surface area (Å²) in [6.07, 6.45) is 4.62. The molecular formula is C24H20N4O3S. The monoisotopic (exact) mass is 444 g/mol. The molecule has 1 heterocycles. The molecular weight excluding hydrogens is 424 g/mol. The number of nitrogens with one attached hydrogen (secondary N) is 1. The molecule has 3 aliphatic carbocycles. The van der Waals surface area contributed by atoms with Crippen molar-refractivity contribution in [3.8, 4) is 0 Å². The summed E-state index contributed by atoms with van der Waals surface area (Å²) in [7, 11) is 0. The Morgan fingerprint density at radius 1 is 0.938 bits per heavy atom. The highest BCUT2D eigenvalue weighted by Gasteiger charge is 2.36. The van der Waals surface area contributed by atoms with Crippen LogP contribution in [0.1, 0.15) is 75.3 Å². The second-order valence-electron chi connectivity index (χ2n) is 8.52. The van der Waals surface area contributed by atoms with Crippen molar-refractivity contribution >= 4 is 34.9 Å². The predicted molar refractivity (Wildman–Crippen MR) is 119 cm³/mol. The summed E-state index contributed by atoms with van der Waals surface area (Å²) in [6, 6.07) is 12.2. The maximum Gasteiger partial charge on any atom is 0.234 e. The standard InChI is InChI=1S/C24H20N4O3S/c29-20(12-32-24-27-26-23(13-5-6-13)28(24)15-8-9-15)25-14-7-10-18-19(11-14)22(31)17-4-2-1-3-16(17)21(18)30/h1-4,7,10-11,13,15H,5-6,8-9,12H2,(H,25,29). The van der Waals surface area contributed by atoms with Gasteiger partial charge in [0.2, 0.25) is 5.91 Å². The molecule has 0 bridgehead atoms. The summed E-state index contributed by atoms with van der Waals surface area (Å²) in [6.45, 7) is 0. The summed E-state index contributed by atoms with van der Waals surface area (Å²) < 4.78 is 2.22. The molecule has 32 heavy (non-hydrogen) atoms. The molecule has 1 aromatic heterocycles.